The Kier molecular flexibility index (Phi) is 2.73. The van der Waals surface area contributed by atoms with Gasteiger partial charge >= 0.3 is 5.69 Å². The smallest absolute Gasteiger partial charge is 0.349 e. The van der Waals surface area contributed by atoms with Crippen LogP contribution in [0.15, 0.2) is 17.1 Å². The van der Waals surface area contributed by atoms with Crippen molar-refractivity contribution in [1.29, 1.82) is 0 Å². The molecule has 0 radical (unpaired) electrons. The van der Waals surface area contributed by atoms with Crippen molar-refractivity contribution in [3.8, 4) is 0 Å². The van der Waals surface area contributed by atoms with Crippen molar-refractivity contribution in [2.45, 2.75) is 19.4 Å². The highest BCUT2D eigenvalue weighted by molar-refractivity contribution is 5.23. The number of aromatic nitrogens is 2. The van der Waals surface area contributed by atoms with Crippen LogP contribution in [-0.2, 0) is 6.54 Å². The van der Waals surface area contributed by atoms with Crippen LogP contribution in [0.5, 0.6) is 0 Å². The molecule has 1 saturated carbocycles. The number of rotatable bonds is 4. The van der Waals surface area contributed by atoms with Crippen LogP contribution in [0, 0.1) is 11.8 Å². The number of aliphatic hydroxyl groups is 1. The number of nitrogens with two attached hydrogens (primary N) is 1. The number of nitrogens with zero attached hydrogens (tertiary/aromatic N) is 2. The first-order valence-corrected chi connectivity index (χ1v) is 5.14. The predicted octanol–water partition coefficient (Wildman–Crippen LogP) is -0.156. The lowest BCUT2D eigenvalue weighted by Gasteiger charge is -2.03. The van der Waals surface area contributed by atoms with Crippen molar-refractivity contribution in [1.82, 2.24) is 9.55 Å². The SMILES string of the molecule is Nc1ccn(CCC2CC2CO)c(=O)n1. The molecule has 5 nitrogen and oxygen atoms in total. The molecule has 0 saturated heterocycles. The van der Waals surface area contributed by atoms with Crippen molar-refractivity contribution < 1.29 is 5.11 Å². The number of hydrogen-bond acceptors (Lipinski definition) is 4. The summed E-state index contributed by atoms with van der Waals surface area (Å²) in [7, 11) is 0. The number of aliphatic hydroxyl groups excluding tert-OH is 1. The molecule has 0 spiro atoms. The Morgan fingerprint density at radius 2 is 2.40 bits per heavy atom. The molecule has 1 fully saturated rings. The van der Waals surface area contributed by atoms with Gasteiger partial charge in [0, 0.05) is 19.3 Å². The largest absolute Gasteiger partial charge is 0.396 e. The van der Waals surface area contributed by atoms with Gasteiger partial charge in [-0.3, -0.25) is 4.57 Å². The van der Waals surface area contributed by atoms with Gasteiger partial charge < -0.3 is 10.8 Å². The molecule has 2 unspecified atom stereocenters. The summed E-state index contributed by atoms with van der Waals surface area (Å²) in [6.07, 6.45) is 3.67. The van der Waals surface area contributed by atoms with Crippen LogP contribution in [0.1, 0.15) is 12.8 Å². The van der Waals surface area contributed by atoms with Gasteiger partial charge in [0.2, 0.25) is 0 Å². The lowest BCUT2D eigenvalue weighted by Crippen LogP contribution is -2.23. The summed E-state index contributed by atoms with van der Waals surface area (Å²) in [5.41, 5.74) is 5.09. The van der Waals surface area contributed by atoms with E-state index in [4.69, 9.17) is 10.8 Å². The third-order valence-corrected chi connectivity index (χ3v) is 2.94. The van der Waals surface area contributed by atoms with Gasteiger partial charge in [-0.15, -0.1) is 0 Å². The zero-order valence-corrected chi connectivity index (χ0v) is 8.47. The van der Waals surface area contributed by atoms with E-state index in [0.717, 1.165) is 12.8 Å². The first-order valence-electron chi connectivity index (χ1n) is 5.14. The van der Waals surface area contributed by atoms with Crippen LogP contribution >= 0.6 is 0 Å². The molecule has 0 aliphatic heterocycles. The van der Waals surface area contributed by atoms with Crippen LogP contribution in [0.4, 0.5) is 5.82 Å². The molecular weight excluding hydrogens is 194 g/mol. The van der Waals surface area contributed by atoms with Crippen molar-refractivity contribution >= 4 is 5.82 Å². The number of anilines is 1. The van der Waals surface area contributed by atoms with E-state index in [0.29, 0.717) is 18.4 Å². The Morgan fingerprint density at radius 3 is 3.00 bits per heavy atom. The molecule has 1 aromatic heterocycles. The van der Waals surface area contributed by atoms with E-state index < -0.39 is 0 Å². The molecule has 2 atom stereocenters. The summed E-state index contributed by atoms with van der Waals surface area (Å²) >= 11 is 0. The maximum absolute atomic E-state index is 11.3. The van der Waals surface area contributed by atoms with E-state index in [1.54, 1.807) is 16.8 Å². The zero-order chi connectivity index (χ0) is 10.8. The maximum Gasteiger partial charge on any atom is 0.349 e. The van der Waals surface area contributed by atoms with E-state index in [-0.39, 0.29) is 18.1 Å². The summed E-state index contributed by atoms with van der Waals surface area (Å²) in [5.74, 6) is 1.28. The highest BCUT2D eigenvalue weighted by atomic mass is 16.3. The highest BCUT2D eigenvalue weighted by Crippen LogP contribution is 2.40. The second kappa shape index (κ2) is 4.02. The Balaban J connectivity index is 1.91. The standard InChI is InChI=1S/C10H15N3O2/c11-9-2-4-13(10(15)12-9)3-1-7-5-8(7)6-14/h2,4,7-8,14H,1,3,5-6H2,(H2,11,12,15). The fourth-order valence-electron chi connectivity index (χ4n) is 1.80. The number of nitrogen functional groups attached to an aromatic ring is 1. The first kappa shape index (κ1) is 10.2. The molecule has 0 bridgehead atoms. The molecule has 1 aliphatic rings. The van der Waals surface area contributed by atoms with Crippen LogP contribution in [0.3, 0.4) is 0 Å². The Bertz CT molecular complexity index is 402. The molecule has 3 N–H and O–H groups in total. The van der Waals surface area contributed by atoms with Crippen LogP contribution in [-0.4, -0.2) is 21.3 Å². The van der Waals surface area contributed by atoms with Crippen LogP contribution in [0.2, 0.25) is 0 Å². The van der Waals surface area contributed by atoms with E-state index in [1.807, 2.05) is 0 Å². The van der Waals surface area contributed by atoms with Gasteiger partial charge in [-0.05, 0) is 30.7 Å². The average Bonchev–Trinajstić information content (AvgIpc) is 2.95. The Hall–Kier alpha value is -1.36. The van der Waals surface area contributed by atoms with Gasteiger partial charge in [0.05, 0.1) is 0 Å². The normalized spacial score (nSPS) is 24.1. The first-order chi connectivity index (χ1) is 7.20. The summed E-state index contributed by atoms with van der Waals surface area (Å²) in [6, 6.07) is 1.62. The molecule has 0 amide bonds. The van der Waals surface area contributed by atoms with E-state index in [1.165, 1.54) is 0 Å². The van der Waals surface area contributed by atoms with Crippen LogP contribution in [0.25, 0.3) is 0 Å². The van der Waals surface area contributed by atoms with Crippen molar-refractivity contribution in [2.24, 2.45) is 11.8 Å². The molecule has 82 valence electrons. The van der Waals surface area contributed by atoms with Crippen LogP contribution < -0.4 is 11.4 Å². The van der Waals surface area contributed by atoms with Gasteiger partial charge in [-0.2, -0.15) is 4.98 Å². The molecular formula is C10H15N3O2. The average molecular weight is 209 g/mol. The molecule has 0 aromatic carbocycles. The fraction of sp³-hybridized carbons (Fsp3) is 0.600. The minimum absolute atomic E-state index is 0.260. The van der Waals surface area contributed by atoms with Gasteiger partial charge in [-0.25, -0.2) is 4.79 Å². The lowest BCUT2D eigenvalue weighted by molar-refractivity contribution is 0.266. The number of aryl methyl sites for hydroxylation is 1. The molecule has 1 aromatic rings. The molecule has 1 heterocycles. The third-order valence-electron chi connectivity index (χ3n) is 2.94. The maximum atomic E-state index is 11.3. The summed E-state index contributed by atoms with van der Waals surface area (Å²) in [5, 5.41) is 8.87. The molecule has 2 rings (SSSR count). The van der Waals surface area contributed by atoms with E-state index in [2.05, 4.69) is 4.98 Å². The van der Waals surface area contributed by atoms with Gasteiger partial charge in [0.25, 0.3) is 0 Å². The van der Waals surface area contributed by atoms with Gasteiger partial charge in [0.1, 0.15) is 5.82 Å². The second-order valence-corrected chi connectivity index (χ2v) is 4.06. The summed E-state index contributed by atoms with van der Waals surface area (Å²) < 4.78 is 1.56. The third kappa shape index (κ3) is 2.36. The highest BCUT2D eigenvalue weighted by Gasteiger charge is 2.35. The number of hydrogen-bond donors (Lipinski definition) is 2. The molecule has 5 heteroatoms. The summed E-state index contributed by atoms with van der Waals surface area (Å²) in [6.45, 7) is 0.923. The second-order valence-electron chi connectivity index (χ2n) is 4.06. The van der Waals surface area contributed by atoms with E-state index >= 15 is 0 Å². The molecule has 15 heavy (non-hydrogen) atoms. The van der Waals surface area contributed by atoms with E-state index in [9.17, 15) is 4.79 Å². The Morgan fingerprint density at radius 1 is 1.60 bits per heavy atom. The summed E-state index contributed by atoms with van der Waals surface area (Å²) in [4.78, 5) is 15.0. The minimum atomic E-state index is -0.295. The van der Waals surface area contributed by atoms with Gasteiger partial charge in [0.15, 0.2) is 0 Å². The quantitative estimate of drug-likeness (QED) is 0.722. The Labute approximate surface area is 87.6 Å². The monoisotopic (exact) mass is 209 g/mol. The predicted molar refractivity (Wildman–Crippen MR) is 56.2 cm³/mol. The fourth-order valence-corrected chi connectivity index (χ4v) is 1.80. The van der Waals surface area contributed by atoms with Gasteiger partial charge in [-0.1, -0.05) is 0 Å². The zero-order valence-electron chi connectivity index (χ0n) is 8.47. The lowest BCUT2D eigenvalue weighted by atomic mass is 10.2. The van der Waals surface area contributed by atoms with Crippen molar-refractivity contribution in [3.63, 3.8) is 0 Å². The molecule has 1 aliphatic carbocycles. The minimum Gasteiger partial charge on any atom is -0.396 e. The van der Waals surface area contributed by atoms with Crippen molar-refractivity contribution in [3.05, 3.63) is 22.7 Å². The van der Waals surface area contributed by atoms with Crippen molar-refractivity contribution in [2.75, 3.05) is 12.3 Å². The topological polar surface area (TPSA) is 81.1 Å².